The van der Waals surface area contributed by atoms with E-state index in [-0.39, 0.29) is 11.4 Å². The molecule has 176 valence electrons. The zero-order valence-corrected chi connectivity index (χ0v) is 18.9. The molecular formula is C24H26FN7O2. The lowest BCUT2D eigenvalue weighted by Crippen LogP contribution is -2.49. The molecule has 9 nitrogen and oxygen atoms in total. The van der Waals surface area contributed by atoms with Crippen molar-refractivity contribution in [2.75, 3.05) is 4.90 Å². The lowest BCUT2D eigenvalue weighted by Gasteiger charge is -2.38. The summed E-state index contributed by atoms with van der Waals surface area (Å²) in [4.78, 5) is 22.6. The third kappa shape index (κ3) is 3.81. The Hall–Kier alpha value is -3.40. The van der Waals surface area contributed by atoms with Crippen molar-refractivity contribution in [3.05, 3.63) is 46.9 Å². The smallest absolute Gasteiger partial charge is 0.350 e. The van der Waals surface area contributed by atoms with Gasteiger partial charge in [0, 0.05) is 42.8 Å². The third-order valence-corrected chi connectivity index (χ3v) is 7.21. The summed E-state index contributed by atoms with van der Waals surface area (Å²) in [6.07, 6.45) is 8.82. The summed E-state index contributed by atoms with van der Waals surface area (Å²) in [5, 5.41) is 23.1. The highest BCUT2D eigenvalue weighted by atomic mass is 19.1. The van der Waals surface area contributed by atoms with Crippen LogP contribution in [0.2, 0.25) is 0 Å². The minimum absolute atomic E-state index is 0.0936. The Bertz CT molecular complexity index is 1280. The summed E-state index contributed by atoms with van der Waals surface area (Å²) in [5.74, 6) is 0.290. The molecule has 1 aliphatic carbocycles. The highest BCUT2D eigenvalue weighted by molar-refractivity contribution is 5.71. The number of aromatic nitrogens is 5. The highest BCUT2D eigenvalue weighted by Crippen LogP contribution is 2.39. The van der Waals surface area contributed by atoms with Gasteiger partial charge in [-0.25, -0.2) is 9.78 Å². The van der Waals surface area contributed by atoms with E-state index in [1.807, 2.05) is 0 Å². The fraction of sp³-hybridized carbons (Fsp3) is 0.458. The van der Waals surface area contributed by atoms with E-state index >= 15 is 0 Å². The number of halogens is 1. The zero-order chi connectivity index (χ0) is 23.4. The van der Waals surface area contributed by atoms with E-state index in [9.17, 15) is 14.3 Å². The second kappa shape index (κ2) is 8.12. The molecule has 0 radical (unpaired) electrons. The van der Waals surface area contributed by atoms with E-state index in [0.717, 1.165) is 29.3 Å². The Morgan fingerprint density at radius 1 is 1.09 bits per heavy atom. The number of nitrogens with zero attached hydrogens (tertiary/aromatic N) is 6. The summed E-state index contributed by atoms with van der Waals surface area (Å²) in [6, 6.07) is 7.99. The van der Waals surface area contributed by atoms with Crippen molar-refractivity contribution in [2.24, 2.45) is 7.05 Å². The molecule has 1 aromatic carbocycles. The number of nitrogens with one attached hydrogen (secondary N) is 1. The molecule has 2 aliphatic heterocycles. The number of rotatable bonds is 5. The Morgan fingerprint density at radius 2 is 1.85 bits per heavy atom. The first-order valence-corrected chi connectivity index (χ1v) is 11.8. The number of phenolic OH excluding ortho intramolecular Hbond substituents is 1. The first-order valence-electron chi connectivity index (χ1n) is 11.8. The Balaban J connectivity index is 1.26. The average Bonchev–Trinajstić information content (AvgIpc) is 3.61. The van der Waals surface area contributed by atoms with Crippen molar-refractivity contribution < 1.29 is 9.50 Å². The summed E-state index contributed by atoms with van der Waals surface area (Å²) in [7, 11) is 1.31. The molecule has 1 saturated carbocycles. The number of hydrogen-bond donors (Lipinski definition) is 2. The van der Waals surface area contributed by atoms with Crippen molar-refractivity contribution in [3.63, 3.8) is 0 Å². The molecule has 0 amide bonds. The molecular weight excluding hydrogens is 437 g/mol. The number of phenols is 1. The van der Waals surface area contributed by atoms with Gasteiger partial charge in [0.1, 0.15) is 5.75 Å². The van der Waals surface area contributed by atoms with Crippen LogP contribution in [0.4, 0.5) is 10.2 Å². The van der Waals surface area contributed by atoms with E-state index in [0.29, 0.717) is 41.1 Å². The molecule has 2 aromatic heterocycles. The standard InChI is InChI=1S/C24H26FN7O2/c1-31-21(25)11-19(28-24(31)34)13-2-7-18(20(33)8-13)23-26-12-22(29-30-23)32(16-5-6-16)17-9-14-3-4-15(10-17)27-14/h2,7-8,11-12,14-17,27,33H,3-6,9-10H2,1H3/t14-,15+,17?. The van der Waals surface area contributed by atoms with Crippen LogP contribution in [0.3, 0.4) is 0 Å². The molecule has 3 aliphatic rings. The number of hydrogen-bond acceptors (Lipinski definition) is 8. The molecule has 3 fully saturated rings. The lowest BCUT2D eigenvalue weighted by molar-refractivity contribution is 0.343. The Labute approximate surface area is 195 Å². The fourth-order valence-corrected chi connectivity index (χ4v) is 5.33. The van der Waals surface area contributed by atoms with Crippen LogP contribution in [0.25, 0.3) is 22.6 Å². The van der Waals surface area contributed by atoms with E-state index in [1.54, 1.807) is 18.3 Å². The number of piperidine rings is 1. The predicted molar refractivity (Wildman–Crippen MR) is 124 cm³/mol. The number of anilines is 1. The Morgan fingerprint density at radius 3 is 2.47 bits per heavy atom. The quantitative estimate of drug-likeness (QED) is 0.556. The molecule has 6 rings (SSSR count). The predicted octanol–water partition coefficient (Wildman–Crippen LogP) is 2.40. The van der Waals surface area contributed by atoms with Gasteiger partial charge >= 0.3 is 5.69 Å². The average molecular weight is 464 g/mol. The largest absolute Gasteiger partial charge is 0.507 e. The molecule has 1 unspecified atom stereocenters. The first-order chi connectivity index (χ1) is 16.5. The van der Waals surface area contributed by atoms with Gasteiger partial charge in [-0.05, 0) is 50.7 Å². The second-order valence-electron chi connectivity index (χ2n) is 9.58. The van der Waals surface area contributed by atoms with Crippen molar-refractivity contribution in [3.8, 4) is 28.4 Å². The minimum Gasteiger partial charge on any atom is -0.507 e. The molecule has 34 heavy (non-hydrogen) atoms. The second-order valence-corrected chi connectivity index (χ2v) is 9.58. The Kier molecular flexibility index (Phi) is 5.05. The topological polar surface area (TPSA) is 109 Å². The number of aromatic hydroxyl groups is 1. The van der Waals surface area contributed by atoms with Gasteiger partial charge in [-0.2, -0.15) is 9.37 Å². The van der Waals surface area contributed by atoms with Crippen LogP contribution in [-0.2, 0) is 7.05 Å². The van der Waals surface area contributed by atoms with Crippen LogP contribution in [0.15, 0.2) is 35.3 Å². The molecule has 3 aromatic rings. The molecule has 2 saturated heterocycles. The van der Waals surface area contributed by atoms with Gasteiger partial charge < -0.3 is 15.3 Å². The van der Waals surface area contributed by atoms with Crippen LogP contribution >= 0.6 is 0 Å². The van der Waals surface area contributed by atoms with Crippen molar-refractivity contribution in [1.29, 1.82) is 0 Å². The number of fused-ring (bicyclic) bond motifs is 2. The monoisotopic (exact) mass is 463 g/mol. The molecule has 4 heterocycles. The van der Waals surface area contributed by atoms with E-state index < -0.39 is 11.6 Å². The summed E-state index contributed by atoms with van der Waals surface area (Å²) >= 11 is 0. The minimum atomic E-state index is -0.705. The van der Waals surface area contributed by atoms with Crippen molar-refractivity contribution in [1.82, 2.24) is 30.0 Å². The highest BCUT2D eigenvalue weighted by Gasteiger charge is 2.41. The van der Waals surface area contributed by atoms with Gasteiger partial charge in [-0.3, -0.25) is 4.57 Å². The summed E-state index contributed by atoms with van der Waals surface area (Å²) in [5.41, 5.74) is 0.268. The van der Waals surface area contributed by atoms with Crippen LogP contribution < -0.4 is 15.9 Å². The van der Waals surface area contributed by atoms with Crippen LogP contribution in [-0.4, -0.2) is 54.0 Å². The maximum absolute atomic E-state index is 13.9. The maximum Gasteiger partial charge on any atom is 0.350 e. The van der Waals surface area contributed by atoms with Gasteiger partial charge in [0.05, 0.1) is 17.5 Å². The number of benzene rings is 1. The SMILES string of the molecule is Cn1c(F)cc(-c2ccc(-c3ncc(N(C4CC4)C4C[C@H]5CC[C@@H](C4)N5)nn3)c(O)c2)nc1=O. The molecule has 10 heteroatoms. The van der Waals surface area contributed by atoms with Gasteiger partial charge in [0.25, 0.3) is 0 Å². The first kappa shape index (κ1) is 21.2. The fourth-order valence-electron chi connectivity index (χ4n) is 5.33. The van der Waals surface area contributed by atoms with Crippen LogP contribution in [0.1, 0.15) is 38.5 Å². The van der Waals surface area contributed by atoms with Gasteiger partial charge in [0.2, 0.25) is 0 Å². The molecule has 2 bridgehead atoms. The van der Waals surface area contributed by atoms with Crippen molar-refractivity contribution >= 4 is 5.82 Å². The summed E-state index contributed by atoms with van der Waals surface area (Å²) in [6.45, 7) is 0. The van der Waals surface area contributed by atoms with Crippen molar-refractivity contribution in [2.45, 2.75) is 62.7 Å². The van der Waals surface area contributed by atoms with Crippen LogP contribution in [0, 0.1) is 5.95 Å². The molecule has 0 spiro atoms. The van der Waals surface area contributed by atoms with E-state index in [2.05, 4.69) is 30.4 Å². The van der Waals surface area contributed by atoms with Gasteiger partial charge in [0.15, 0.2) is 17.6 Å². The van der Waals surface area contributed by atoms with E-state index in [1.165, 1.54) is 38.8 Å². The van der Waals surface area contributed by atoms with Gasteiger partial charge in [-0.1, -0.05) is 6.07 Å². The lowest BCUT2D eigenvalue weighted by atomic mass is 9.98. The van der Waals surface area contributed by atoms with Gasteiger partial charge in [-0.15, -0.1) is 10.2 Å². The molecule has 2 N–H and O–H groups in total. The molecule has 3 atom stereocenters. The normalized spacial score (nSPS) is 23.8. The van der Waals surface area contributed by atoms with E-state index in [4.69, 9.17) is 0 Å². The zero-order valence-electron chi connectivity index (χ0n) is 18.9. The maximum atomic E-state index is 13.9. The summed E-state index contributed by atoms with van der Waals surface area (Å²) < 4.78 is 14.8. The third-order valence-electron chi connectivity index (χ3n) is 7.21. The van der Waals surface area contributed by atoms with Crippen LogP contribution in [0.5, 0.6) is 5.75 Å².